The molecule has 0 aliphatic carbocycles. The van der Waals surface area contributed by atoms with Crippen molar-refractivity contribution in [2.45, 2.75) is 20.4 Å². The molecule has 0 aliphatic rings. The highest BCUT2D eigenvalue weighted by atomic mass is 79.9. The van der Waals surface area contributed by atoms with Crippen molar-refractivity contribution < 1.29 is 13.2 Å². The summed E-state index contributed by atoms with van der Waals surface area (Å²) in [5.41, 5.74) is 1.53. The first-order valence-corrected chi connectivity index (χ1v) is 8.54. The highest BCUT2D eigenvalue weighted by Gasteiger charge is 2.08. The molecule has 5 nitrogen and oxygen atoms in total. The highest BCUT2D eigenvalue weighted by molar-refractivity contribution is 9.10. The van der Waals surface area contributed by atoms with E-state index in [0.29, 0.717) is 5.69 Å². The van der Waals surface area contributed by atoms with Crippen molar-refractivity contribution in [3.8, 4) is 0 Å². The molecule has 0 heterocycles. The average Bonchev–Trinajstić information content (AvgIpc) is 2.38. The number of halogens is 1. The third-order valence-electron chi connectivity index (χ3n) is 2.39. The standard InChI is InChI=1S/C12H17BrN2O3S/c1-9(2)12(16)15-11-5-3-10(4-6-11)7-14-19(17,18)8-13/h3-6,9,14H,7-8H2,1-2H3,(H,15,16). The van der Waals surface area contributed by atoms with Crippen LogP contribution in [0, 0.1) is 5.92 Å². The van der Waals surface area contributed by atoms with E-state index in [2.05, 4.69) is 26.0 Å². The molecule has 0 bridgehead atoms. The van der Waals surface area contributed by atoms with Gasteiger partial charge >= 0.3 is 0 Å². The smallest absolute Gasteiger partial charge is 0.226 e. The number of nitrogens with one attached hydrogen (secondary N) is 2. The maximum atomic E-state index is 11.5. The zero-order chi connectivity index (χ0) is 14.5. The van der Waals surface area contributed by atoms with Gasteiger partial charge in [-0.15, -0.1) is 0 Å². The van der Waals surface area contributed by atoms with Crippen LogP contribution in [0.25, 0.3) is 0 Å². The number of amides is 1. The number of hydrogen-bond acceptors (Lipinski definition) is 3. The lowest BCUT2D eigenvalue weighted by atomic mass is 10.2. The summed E-state index contributed by atoms with van der Waals surface area (Å²) in [5.74, 6) is -0.127. The minimum Gasteiger partial charge on any atom is -0.326 e. The lowest BCUT2D eigenvalue weighted by Gasteiger charge is -2.09. The maximum absolute atomic E-state index is 11.5. The topological polar surface area (TPSA) is 75.3 Å². The van der Waals surface area contributed by atoms with Crippen LogP contribution in [0.2, 0.25) is 0 Å². The van der Waals surface area contributed by atoms with E-state index >= 15 is 0 Å². The monoisotopic (exact) mass is 348 g/mol. The number of anilines is 1. The molecule has 1 amide bonds. The fourth-order valence-electron chi connectivity index (χ4n) is 1.22. The molecular formula is C12H17BrN2O3S. The van der Waals surface area contributed by atoms with E-state index in [-0.39, 0.29) is 23.0 Å². The minimum atomic E-state index is -3.26. The Morgan fingerprint density at radius 2 is 1.84 bits per heavy atom. The van der Waals surface area contributed by atoms with Crippen LogP contribution in [-0.4, -0.2) is 19.0 Å². The highest BCUT2D eigenvalue weighted by Crippen LogP contribution is 2.11. The van der Waals surface area contributed by atoms with Gasteiger partial charge in [-0.1, -0.05) is 41.9 Å². The molecule has 0 saturated carbocycles. The summed E-state index contributed by atoms with van der Waals surface area (Å²) in [5, 5.41) is 2.77. The van der Waals surface area contributed by atoms with Gasteiger partial charge in [-0.3, -0.25) is 4.79 Å². The minimum absolute atomic E-state index is 0.0484. The Balaban J connectivity index is 2.60. The molecule has 1 aromatic rings. The van der Waals surface area contributed by atoms with Crippen molar-refractivity contribution in [2.24, 2.45) is 5.92 Å². The molecule has 0 saturated heterocycles. The number of carbonyl (C=O) groups is 1. The quantitative estimate of drug-likeness (QED) is 0.772. The number of carbonyl (C=O) groups excluding carboxylic acids is 1. The van der Waals surface area contributed by atoms with Crippen molar-refractivity contribution in [1.82, 2.24) is 4.72 Å². The number of hydrogen-bond donors (Lipinski definition) is 2. The van der Waals surface area contributed by atoms with Gasteiger partial charge in [-0.05, 0) is 17.7 Å². The van der Waals surface area contributed by atoms with Crippen molar-refractivity contribution in [3.63, 3.8) is 0 Å². The summed E-state index contributed by atoms with van der Waals surface area (Å²) >= 11 is 2.90. The van der Waals surface area contributed by atoms with Crippen LogP contribution in [0.1, 0.15) is 19.4 Å². The first-order valence-electron chi connectivity index (χ1n) is 5.77. The van der Waals surface area contributed by atoms with Gasteiger partial charge in [0.15, 0.2) is 0 Å². The van der Waals surface area contributed by atoms with E-state index in [1.165, 1.54) is 0 Å². The second kappa shape index (κ2) is 7.02. The molecule has 7 heteroatoms. The van der Waals surface area contributed by atoms with Gasteiger partial charge in [0, 0.05) is 18.2 Å². The van der Waals surface area contributed by atoms with Crippen molar-refractivity contribution in [3.05, 3.63) is 29.8 Å². The molecule has 1 rings (SSSR count). The molecule has 0 aliphatic heterocycles. The molecule has 19 heavy (non-hydrogen) atoms. The molecule has 106 valence electrons. The molecule has 0 spiro atoms. The molecule has 0 aromatic heterocycles. The Labute approximate surface area is 122 Å². The summed E-state index contributed by atoms with van der Waals surface area (Å²) < 4.78 is 24.8. The summed E-state index contributed by atoms with van der Waals surface area (Å²) in [6, 6.07) is 7.04. The van der Waals surface area contributed by atoms with E-state index in [4.69, 9.17) is 0 Å². The van der Waals surface area contributed by atoms with Crippen LogP contribution in [0.3, 0.4) is 0 Å². The fraction of sp³-hybridized carbons (Fsp3) is 0.417. The zero-order valence-electron chi connectivity index (χ0n) is 10.8. The normalized spacial score (nSPS) is 11.6. The SMILES string of the molecule is CC(C)C(=O)Nc1ccc(CNS(=O)(=O)CBr)cc1. The molecular weight excluding hydrogens is 332 g/mol. The summed E-state index contributed by atoms with van der Waals surface area (Å²) in [6.45, 7) is 3.86. The van der Waals surface area contributed by atoms with Crippen LogP contribution >= 0.6 is 15.9 Å². The number of sulfonamides is 1. The molecule has 1 aromatic carbocycles. The molecule has 2 N–H and O–H groups in total. The van der Waals surface area contributed by atoms with E-state index < -0.39 is 10.0 Å². The molecule has 0 atom stereocenters. The van der Waals surface area contributed by atoms with Gasteiger partial charge in [0.2, 0.25) is 15.9 Å². The summed E-state index contributed by atoms with van der Waals surface area (Å²) in [6.07, 6.45) is 0. The van der Waals surface area contributed by atoms with Gasteiger partial charge in [0.25, 0.3) is 0 Å². The average molecular weight is 349 g/mol. The Morgan fingerprint density at radius 1 is 1.26 bits per heavy atom. The third kappa shape index (κ3) is 5.71. The molecule has 0 unspecified atom stereocenters. The van der Waals surface area contributed by atoms with Gasteiger partial charge in [0.05, 0.1) is 0 Å². The Morgan fingerprint density at radius 3 is 2.32 bits per heavy atom. The number of benzene rings is 1. The largest absolute Gasteiger partial charge is 0.326 e. The lowest BCUT2D eigenvalue weighted by Crippen LogP contribution is -2.23. The number of rotatable bonds is 6. The van der Waals surface area contributed by atoms with Gasteiger partial charge < -0.3 is 5.32 Å². The van der Waals surface area contributed by atoms with Crippen LogP contribution in [0.5, 0.6) is 0 Å². The van der Waals surface area contributed by atoms with Crippen LogP contribution < -0.4 is 10.0 Å². The van der Waals surface area contributed by atoms with Crippen LogP contribution in [0.4, 0.5) is 5.69 Å². The Hall–Kier alpha value is -0.920. The van der Waals surface area contributed by atoms with Crippen molar-refractivity contribution >= 4 is 37.5 Å². The van der Waals surface area contributed by atoms with E-state index in [1.807, 2.05) is 13.8 Å². The van der Waals surface area contributed by atoms with E-state index in [1.54, 1.807) is 24.3 Å². The third-order valence-corrected chi connectivity index (χ3v) is 5.07. The Bertz CT molecular complexity index is 526. The van der Waals surface area contributed by atoms with Gasteiger partial charge in [-0.25, -0.2) is 13.1 Å². The second-order valence-electron chi connectivity index (χ2n) is 4.39. The van der Waals surface area contributed by atoms with Crippen LogP contribution in [-0.2, 0) is 21.4 Å². The molecule has 0 fully saturated rings. The second-order valence-corrected chi connectivity index (χ2v) is 7.50. The van der Waals surface area contributed by atoms with Gasteiger partial charge in [-0.2, -0.15) is 0 Å². The van der Waals surface area contributed by atoms with E-state index in [9.17, 15) is 13.2 Å². The number of alkyl halides is 1. The van der Waals surface area contributed by atoms with Crippen LogP contribution in [0.15, 0.2) is 24.3 Å². The summed E-state index contributed by atoms with van der Waals surface area (Å²) in [7, 11) is -3.26. The van der Waals surface area contributed by atoms with Crippen molar-refractivity contribution in [2.75, 3.05) is 9.98 Å². The predicted molar refractivity (Wildman–Crippen MR) is 79.5 cm³/mol. The Kier molecular flexibility index (Phi) is 5.96. The van der Waals surface area contributed by atoms with E-state index in [0.717, 1.165) is 5.56 Å². The first-order chi connectivity index (χ1) is 8.84. The maximum Gasteiger partial charge on any atom is 0.226 e. The fourth-order valence-corrected chi connectivity index (χ4v) is 2.17. The van der Waals surface area contributed by atoms with Gasteiger partial charge in [0.1, 0.15) is 4.66 Å². The first kappa shape index (κ1) is 16.1. The predicted octanol–water partition coefficient (Wildman–Crippen LogP) is 2.05. The molecule has 0 radical (unpaired) electrons. The summed E-state index contributed by atoms with van der Waals surface area (Å²) in [4.78, 5) is 11.5. The van der Waals surface area contributed by atoms with Crippen molar-refractivity contribution in [1.29, 1.82) is 0 Å². The zero-order valence-corrected chi connectivity index (χ0v) is 13.2. The lowest BCUT2D eigenvalue weighted by molar-refractivity contribution is -0.118.